The molecule has 1 heterocycles. The number of hydrogen-bond donors (Lipinski definition) is 1. The van der Waals surface area contributed by atoms with E-state index in [1.165, 1.54) is 5.70 Å². The summed E-state index contributed by atoms with van der Waals surface area (Å²) in [5.74, 6) is 0. The van der Waals surface area contributed by atoms with Crippen LogP contribution in [0, 0.1) is 0 Å². The van der Waals surface area contributed by atoms with Gasteiger partial charge in [-0.15, -0.1) is 11.8 Å². The van der Waals surface area contributed by atoms with Crippen LogP contribution >= 0.6 is 11.8 Å². The van der Waals surface area contributed by atoms with E-state index in [0.717, 1.165) is 12.8 Å². The molecule has 0 bridgehead atoms. The Morgan fingerprint density at radius 3 is 2.91 bits per heavy atom. The number of rotatable bonds is 3. The summed E-state index contributed by atoms with van der Waals surface area (Å²) in [4.78, 5) is 2.25. The second kappa shape index (κ2) is 4.02. The van der Waals surface area contributed by atoms with Crippen LogP contribution in [0.1, 0.15) is 19.8 Å². The SMILES string of the molecule is CCC1=CSC(CCO)N1C. The van der Waals surface area contributed by atoms with Crippen molar-refractivity contribution >= 4 is 11.8 Å². The number of nitrogens with zero attached hydrogens (tertiary/aromatic N) is 1. The molecule has 0 aromatic rings. The average molecular weight is 173 g/mol. The van der Waals surface area contributed by atoms with Gasteiger partial charge in [0.1, 0.15) is 0 Å². The van der Waals surface area contributed by atoms with Crippen LogP contribution in [0.4, 0.5) is 0 Å². The number of allylic oxidation sites excluding steroid dienone is 1. The minimum absolute atomic E-state index is 0.285. The summed E-state index contributed by atoms with van der Waals surface area (Å²) in [6.45, 7) is 2.44. The lowest BCUT2D eigenvalue weighted by Gasteiger charge is -2.22. The first-order valence-electron chi connectivity index (χ1n) is 3.97. The van der Waals surface area contributed by atoms with Gasteiger partial charge in [0.25, 0.3) is 0 Å². The first kappa shape index (κ1) is 8.94. The number of thioether (sulfide) groups is 1. The van der Waals surface area contributed by atoms with Gasteiger partial charge < -0.3 is 10.0 Å². The molecule has 1 aliphatic rings. The molecule has 0 radical (unpaired) electrons. The molecule has 0 saturated heterocycles. The second-order valence-corrected chi connectivity index (χ2v) is 3.73. The van der Waals surface area contributed by atoms with Crippen molar-refractivity contribution in [3.63, 3.8) is 0 Å². The van der Waals surface area contributed by atoms with Crippen LogP contribution in [0.5, 0.6) is 0 Å². The Kier molecular flexibility index (Phi) is 3.27. The van der Waals surface area contributed by atoms with Gasteiger partial charge in [-0.05, 0) is 11.8 Å². The van der Waals surface area contributed by atoms with Gasteiger partial charge in [-0.25, -0.2) is 0 Å². The van der Waals surface area contributed by atoms with Crippen molar-refractivity contribution in [1.82, 2.24) is 4.90 Å². The van der Waals surface area contributed by atoms with E-state index in [0.29, 0.717) is 5.37 Å². The standard InChI is InChI=1S/C8H15NOS/c1-3-7-6-11-8(4-5-10)9(7)2/h6,8,10H,3-5H2,1-2H3. The molecule has 1 atom stereocenters. The van der Waals surface area contributed by atoms with Crippen molar-refractivity contribution in [1.29, 1.82) is 0 Å². The van der Waals surface area contributed by atoms with Gasteiger partial charge >= 0.3 is 0 Å². The van der Waals surface area contributed by atoms with Crippen LogP contribution in [0.2, 0.25) is 0 Å². The van der Waals surface area contributed by atoms with Crippen LogP contribution in [0.3, 0.4) is 0 Å². The smallest absolute Gasteiger partial charge is 0.0807 e. The lowest BCUT2D eigenvalue weighted by molar-refractivity contribution is 0.254. The highest BCUT2D eigenvalue weighted by atomic mass is 32.2. The predicted octanol–water partition coefficient (Wildman–Crippen LogP) is 1.62. The third-order valence-electron chi connectivity index (χ3n) is 1.98. The van der Waals surface area contributed by atoms with Crippen molar-refractivity contribution in [2.24, 2.45) is 0 Å². The summed E-state index contributed by atoms with van der Waals surface area (Å²) < 4.78 is 0. The maximum absolute atomic E-state index is 8.74. The number of hydrogen-bond acceptors (Lipinski definition) is 3. The van der Waals surface area contributed by atoms with Gasteiger partial charge in [0.2, 0.25) is 0 Å². The van der Waals surface area contributed by atoms with Crippen molar-refractivity contribution in [2.45, 2.75) is 25.1 Å². The largest absolute Gasteiger partial charge is 0.396 e. The molecule has 1 N–H and O–H groups in total. The van der Waals surface area contributed by atoms with Crippen molar-refractivity contribution in [3.05, 3.63) is 11.1 Å². The molecule has 2 nitrogen and oxygen atoms in total. The molecule has 64 valence electrons. The summed E-state index contributed by atoms with van der Waals surface area (Å²) >= 11 is 1.81. The minimum atomic E-state index is 0.285. The Bertz CT molecular complexity index is 158. The fourth-order valence-electron chi connectivity index (χ4n) is 1.22. The van der Waals surface area contributed by atoms with Crippen molar-refractivity contribution < 1.29 is 5.11 Å². The molecule has 0 amide bonds. The van der Waals surface area contributed by atoms with E-state index in [-0.39, 0.29) is 6.61 Å². The van der Waals surface area contributed by atoms with Gasteiger partial charge in [-0.3, -0.25) is 0 Å². The molecule has 0 saturated carbocycles. The van der Waals surface area contributed by atoms with E-state index in [4.69, 9.17) is 5.11 Å². The average Bonchev–Trinajstić information content (AvgIpc) is 2.34. The van der Waals surface area contributed by atoms with E-state index in [2.05, 4.69) is 24.3 Å². The first-order chi connectivity index (χ1) is 5.29. The first-order valence-corrected chi connectivity index (χ1v) is 4.92. The van der Waals surface area contributed by atoms with E-state index >= 15 is 0 Å². The van der Waals surface area contributed by atoms with E-state index < -0.39 is 0 Å². The fourth-order valence-corrected chi connectivity index (χ4v) is 2.43. The minimum Gasteiger partial charge on any atom is -0.396 e. The zero-order chi connectivity index (χ0) is 8.27. The highest BCUT2D eigenvalue weighted by Crippen LogP contribution is 2.32. The van der Waals surface area contributed by atoms with Gasteiger partial charge in [0.05, 0.1) is 5.37 Å². The molecule has 0 aliphatic carbocycles. The van der Waals surface area contributed by atoms with E-state index in [1.54, 1.807) is 0 Å². The molecule has 0 aromatic heterocycles. The third kappa shape index (κ3) is 1.91. The molecule has 11 heavy (non-hydrogen) atoms. The lowest BCUT2D eigenvalue weighted by Crippen LogP contribution is -2.24. The Morgan fingerprint density at radius 2 is 2.45 bits per heavy atom. The van der Waals surface area contributed by atoms with Crippen LogP contribution in [0.15, 0.2) is 11.1 Å². The van der Waals surface area contributed by atoms with Gasteiger partial charge in [0, 0.05) is 25.8 Å². The molecule has 1 aliphatic heterocycles. The third-order valence-corrected chi connectivity index (χ3v) is 3.26. The highest BCUT2D eigenvalue weighted by molar-refractivity contribution is 8.02. The van der Waals surface area contributed by atoms with Crippen LogP contribution in [0.25, 0.3) is 0 Å². The molecule has 0 spiro atoms. The summed E-state index contributed by atoms with van der Waals surface area (Å²) in [5.41, 5.74) is 1.38. The van der Waals surface area contributed by atoms with Crippen molar-refractivity contribution in [3.8, 4) is 0 Å². The van der Waals surface area contributed by atoms with Crippen LogP contribution in [-0.2, 0) is 0 Å². The van der Waals surface area contributed by atoms with Gasteiger partial charge in [-0.1, -0.05) is 6.92 Å². The molecular formula is C8H15NOS. The predicted molar refractivity (Wildman–Crippen MR) is 49.2 cm³/mol. The summed E-state index contributed by atoms with van der Waals surface area (Å²) in [5, 5.41) is 11.4. The van der Waals surface area contributed by atoms with Crippen molar-refractivity contribution in [2.75, 3.05) is 13.7 Å². The normalized spacial score (nSPS) is 24.1. The highest BCUT2D eigenvalue weighted by Gasteiger charge is 2.20. The maximum atomic E-state index is 8.74. The number of aliphatic hydroxyl groups is 1. The van der Waals surface area contributed by atoms with E-state index in [1.807, 2.05) is 11.8 Å². The quantitative estimate of drug-likeness (QED) is 0.701. The number of aliphatic hydroxyl groups excluding tert-OH is 1. The van der Waals surface area contributed by atoms with Crippen LogP contribution < -0.4 is 0 Å². The summed E-state index contributed by atoms with van der Waals surface area (Å²) in [6.07, 6.45) is 1.95. The molecular weight excluding hydrogens is 158 g/mol. The Labute approximate surface area is 72.3 Å². The maximum Gasteiger partial charge on any atom is 0.0807 e. The zero-order valence-corrected chi connectivity index (χ0v) is 7.90. The molecule has 0 fully saturated rings. The monoisotopic (exact) mass is 173 g/mol. The molecule has 3 heteroatoms. The van der Waals surface area contributed by atoms with Gasteiger partial charge in [-0.2, -0.15) is 0 Å². The van der Waals surface area contributed by atoms with Gasteiger partial charge in [0.15, 0.2) is 0 Å². The Morgan fingerprint density at radius 1 is 1.73 bits per heavy atom. The molecule has 0 aromatic carbocycles. The fraction of sp³-hybridized carbons (Fsp3) is 0.750. The van der Waals surface area contributed by atoms with E-state index in [9.17, 15) is 0 Å². The molecule has 1 unspecified atom stereocenters. The van der Waals surface area contributed by atoms with Crippen LogP contribution in [-0.4, -0.2) is 29.0 Å². The molecule has 1 rings (SSSR count). The summed E-state index contributed by atoms with van der Waals surface area (Å²) in [7, 11) is 2.09. The zero-order valence-electron chi connectivity index (χ0n) is 7.08. The summed E-state index contributed by atoms with van der Waals surface area (Å²) in [6, 6.07) is 0. The lowest BCUT2D eigenvalue weighted by atomic mass is 10.3. The second-order valence-electron chi connectivity index (χ2n) is 2.68. The topological polar surface area (TPSA) is 23.5 Å². The Hall–Kier alpha value is -0.150. The Balaban J connectivity index is 2.43.